The Kier molecular flexibility index (Phi) is 35.3. The summed E-state index contributed by atoms with van der Waals surface area (Å²) in [5.74, 6) is -5.97. The van der Waals surface area contributed by atoms with Gasteiger partial charge in [0.1, 0.15) is 118 Å². The normalized spacial score (nSPS) is 31.5. The van der Waals surface area contributed by atoms with Crippen molar-refractivity contribution in [1.82, 2.24) is 47.8 Å². The third kappa shape index (κ3) is 26.2. The molecular weight excluding hydrogens is 1750 g/mol. The molecule has 0 bridgehead atoms. The van der Waals surface area contributed by atoms with Crippen LogP contribution in [0, 0.1) is 5.92 Å². The first-order valence-corrected chi connectivity index (χ1v) is 37.6. The zero-order valence-corrected chi connectivity index (χ0v) is 66.2. The van der Waals surface area contributed by atoms with E-state index >= 15 is 0 Å². The van der Waals surface area contributed by atoms with Crippen molar-refractivity contribution in [3.05, 3.63) is 114 Å². The van der Waals surface area contributed by atoms with Gasteiger partial charge >= 0.3 is 181 Å². The third-order valence-corrected chi connectivity index (χ3v) is 18.9. The Bertz CT molecular complexity index is 4760. The van der Waals surface area contributed by atoms with Gasteiger partial charge in [-0.25, -0.2) is 19.2 Å². The number of carbonyl (C=O) groups is 6. The number of primary amides is 1. The SMILES string of the molecule is [2H][C@@]1(n2ccc(NO)nc2=O)O[C@H](COC(=O)C2CCCC2)[C@@H](O)[C@H]1O.[2H][C@@]1(n2ccc(NO)nc2=O)O[C@H](COC(=O)[C@@H](N)CC(N)=O)[C@@H](O)[C@H]1O.[2H][C@@]1(n2ccc(NO)nc2=O)O[C@H](COC(=O)[C@@H](N)CO)[C@@H](O)[C@H]1O.[2H][C@@]1(n2ccc(NO)nc2=O)O[C@H](COC(=O)[C@@H](N)C[SeH])[C@@H](O)[C@H]1O.[2H][C@@]1(n2ccc(NO)nc2=O)O[C@H](COC(=O)[C@@H](N)[C@@H](C)O)[C@@H](O)[C@H]1O. The second kappa shape index (κ2) is 47.1. The van der Waals surface area contributed by atoms with Gasteiger partial charge in [0.25, 0.3) is 0 Å². The molecule has 124 heavy (non-hydrogen) atoms. The summed E-state index contributed by atoms with van der Waals surface area (Å²) >= 11 is 2.13. The number of carbonyl (C=O) groups excluding carboxylic acids is 6. The van der Waals surface area contributed by atoms with Gasteiger partial charge in [-0.2, -0.15) is 19.9 Å². The summed E-state index contributed by atoms with van der Waals surface area (Å²) in [5, 5.41) is 163. The predicted molar refractivity (Wildman–Crippen MR) is 402 cm³/mol. The summed E-state index contributed by atoms with van der Waals surface area (Å²) in [7, 11) is 0. The molecule has 5 aliphatic heterocycles. The zero-order valence-electron chi connectivity index (χ0n) is 69.4. The van der Waals surface area contributed by atoms with Gasteiger partial charge in [0, 0.05) is 24.8 Å². The van der Waals surface area contributed by atoms with Crippen molar-refractivity contribution in [1.29, 1.82) is 0 Å². The van der Waals surface area contributed by atoms with Gasteiger partial charge < -0.3 is 112 Å². The number of nitrogens with two attached hydrogens (primary N) is 5. The number of esters is 5. The quantitative estimate of drug-likeness (QED) is 0.00878. The molecular formula is C65H96N20O38Se. The van der Waals surface area contributed by atoms with E-state index in [-0.39, 0.29) is 46.9 Å². The Labute approximate surface area is 709 Å². The van der Waals surface area contributed by atoms with Gasteiger partial charge in [0.05, 0.1) is 30.5 Å². The first-order valence-electron chi connectivity index (χ1n) is 38.8. The summed E-state index contributed by atoms with van der Waals surface area (Å²) in [5.41, 5.74) is 29.7. The molecule has 6 aliphatic rings. The van der Waals surface area contributed by atoms with Crippen molar-refractivity contribution in [2.75, 3.05) is 67.0 Å². The molecule has 11 rings (SSSR count). The number of hydrogen-bond donors (Lipinski definition) is 27. The van der Waals surface area contributed by atoms with E-state index in [0.29, 0.717) is 22.8 Å². The largest absolute Gasteiger partial charge is 0.462 e. The van der Waals surface area contributed by atoms with Crippen LogP contribution < -0.4 is 84.5 Å². The summed E-state index contributed by atoms with van der Waals surface area (Å²) in [6.45, 7) is -1.91. The molecule has 0 unspecified atom stereocenters. The molecule has 32 N–H and O–H groups in total. The maximum Gasteiger partial charge on any atom is 0.351 e. The zero-order chi connectivity index (χ0) is 96.4. The van der Waals surface area contributed by atoms with Crippen LogP contribution in [0.15, 0.2) is 85.3 Å². The molecule has 690 valence electrons. The number of amides is 1. The minimum Gasteiger partial charge on any atom is -0.462 e. The van der Waals surface area contributed by atoms with Crippen LogP contribution in [-0.2, 0) is 76.1 Å². The van der Waals surface area contributed by atoms with Crippen LogP contribution in [0.1, 0.15) is 76.9 Å². The first-order chi connectivity index (χ1) is 60.5. The van der Waals surface area contributed by atoms with Gasteiger partial charge in [0.2, 0.25) is 5.91 Å². The molecule has 1 aliphatic carbocycles. The minimum atomic E-state index is -2.47. The number of aliphatic hydroxyl groups is 12. The molecule has 10 heterocycles. The maximum atomic E-state index is 12.0. The number of nitrogens with zero attached hydrogens (tertiary/aromatic N) is 10. The van der Waals surface area contributed by atoms with Crippen LogP contribution in [0.3, 0.4) is 0 Å². The Balaban J connectivity index is 0.000000221. The second-order valence-electron chi connectivity index (χ2n) is 26.8. The van der Waals surface area contributed by atoms with Gasteiger partial charge in [-0.15, -0.1) is 0 Å². The molecule has 58 nitrogen and oxygen atoms in total. The van der Waals surface area contributed by atoms with E-state index in [1.54, 1.807) is 27.4 Å². The molecule has 5 aromatic rings. The van der Waals surface area contributed by atoms with Crippen molar-refractivity contribution in [3.63, 3.8) is 0 Å². The number of rotatable bonds is 30. The first kappa shape index (κ1) is 92.9. The van der Waals surface area contributed by atoms with Gasteiger partial charge in [0.15, 0.2) is 48.1 Å². The molecule has 59 heteroatoms. The topological polar surface area (TPSA) is 903 Å². The number of nitrogens with one attached hydrogen (secondary N) is 5. The van der Waals surface area contributed by atoms with Crippen LogP contribution in [0.2, 0.25) is 5.32 Å². The molecule has 1 saturated carbocycles. The second-order valence-corrected chi connectivity index (χ2v) is 27.6. The van der Waals surface area contributed by atoms with Crippen molar-refractivity contribution in [2.24, 2.45) is 34.6 Å². The average Bonchev–Trinajstić information content (AvgIpc) is 1.64. The molecule has 0 radical (unpaired) electrons. The average molecular weight is 1850 g/mol. The Morgan fingerprint density at radius 2 is 0.677 bits per heavy atom. The van der Waals surface area contributed by atoms with Crippen molar-refractivity contribution in [3.8, 4) is 0 Å². The number of aromatic nitrogens is 10. The summed E-state index contributed by atoms with van der Waals surface area (Å²) in [6, 6.07) is 0.949. The van der Waals surface area contributed by atoms with E-state index in [1.165, 1.54) is 13.0 Å². The van der Waals surface area contributed by atoms with E-state index < -0.39 is 257 Å². The smallest absolute Gasteiger partial charge is 0.351 e. The fourth-order valence-corrected chi connectivity index (χ4v) is 11.5. The Morgan fingerprint density at radius 1 is 0.435 bits per heavy atom. The van der Waals surface area contributed by atoms with Crippen molar-refractivity contribution >= 4 is 80.9 Å². The van der Waals surface area contributed by atoms with Gasteiger partial charge in [-0.1, -0.05) is 12.8 Å². The van der Waals surface area contributed by atoms with Gasteiger partial charge in [-0.05, 0) is 44.0 Å². The molecule has 25 atom stereocenters. The number of hydrogen-bond acceptors (Lipinski definition) is 52. The summed E-state index contributed by atoms with van der Waals surface area (Å²) in [6.07, 6.45) is -28.9. The monoisotopic (exact) mass is 1850 g/mol. The van der Waals surface area contributed by atoms with E-state index in [9.17, 15) is 109 Å². The number of ether oxygens (including phenoxy) is 10. The van der Waals surface area contributed by atoms with Crippen molar-refractivity contribution in [2.45, 2.75) is 197 Å². The van der Waals surface area contributed by atoms with Gasteiger partial charge in [-0.3, -0.25) is 95.7 Å². The standard InChI is InChI=1S/C15H21N3O7.C13H19N5O8.C13H20N4O8.C12H18N4O8.C12H18N4O7Se/c19-11-9(7-24-14(21)8-3-1-2-4-8)25-13(12(11)20)18-6-5-10(17-23)16-15(18)22;14-5(3-7(15)19)12(22)25-4-6-9(20)10(21)11(26-6)18-2-1-8(17-24)16-13(18)23;1-5(18)8(14)12(21)24-4-6-9(19)10(20)11(25-6)17-3-2-7(16-23)15-13(17)22;13-5(3-17)11(20)23-4-6-8(18)9(19)10(24-6)16-2-1-7(15-22)14-12(16)21;13-5(4-24)11(19)22-3-6-8(17)9(18)10(23-6)16-2-1-7(15-21)14-12(16)20/h5-6,8-9,11-13,19-20,23H,1-4,7H2,(H,16,17,22);1-2,5-6,9-11,20-21,24H,3-4,14H2,(H2,15,19)(H,16,17,23);2-3,5-6,8-11,18-20,23H,4,14H2,1H3,(H,15,16,22);1-2,5-6,8-10,17-19,22H,3-4,13H2,(H,14,15,21);1-2,5-6,8-10,17-18,21,24H,3-4,13H2,(H,14,15,20)/t9-,11-,12-,13-;5-,6+,9+,10+,11+;5-,6-,8+,9-,10-,11-;2*5-,6+,8+,9+,10+/m10100/s1/i13D;2*11D;2*10D. The molecule has 0 aromatic carbocycles. The maximum absolute atomic E-state index is 12.0. The van der Waals surface area contributed by atoms with E-state index in [2.05, 4.69) is 40.9 Å². The molecule has 5 saturated heterocycles. The number of aliphatic hydroxyl groups excluding tert-OH is 12. The minimum absolute atomic E-state index is 0.148. The summed E-state index contributed by atoms with van der Waals surface area (Å²) in [4.78, 5) is 146. The molecule has 0 spiro atoms. The van der Waals surface area contributed by atoms with Crippen LogP contribution in [0.4, 0.5) is 29.1 Å². The predicted octanol–water partition coefficient (Wildman–Crippen LogP) is -13.9. The summed E-state index contributed by atoms with van der Waals surface area (Å²) < 4.78 is 94.8. The molecule has 5 aromatic heterocycles. The van der Waals surface area contributed by atoms with Crippen LogP contribution in [0.25, 0.3) is 0 Å². The van der Waals surface area contributed by atoms with Crippen LogP contribution in [0.5, 0.6) is 0 Å². The number of anilines is 5. The van der Waals surface area contributed by atoms with E-state index in [0.717, 1.165) is 80.9 Å². The fourth-order valence-electron chi connectivity index (χ4n) is 11.2. The third-order valence-electron chi connectivity index (χ3n) is 18.1. The fraction of sp³-hybridized carbons (Fsp3) is 0.600. The van der Waals surface area contributed by atoms with E-state index in [1.807, 2.05) is 0 Å². The molecule has 1 amide bonds. The van der Waals surface area contributed by atoms with Crippen molar-refractivity contribution < 1.29 is 170 Å². The molecule has 6 fully saturated rings. The van der Waals surface area contributed by atoms with Crippen LogP contribution in [-0.4, -0.2) is 348 Å². The van der Waals surface area contributed by atoms with Crippen LogP contribution >= 0.6 is 0 Å². The van der Waals surface area contributed by atoms with E-state index in [4.69, 9.17) is 114 Å². The Morgan fingerprint density at radius 3 is 0.903 bits per heavy atom. The Hall–Kier alpha value is -10.3.